The number of benzene rings is 3. The number of methoxy groups -OCH3 is 1. The first kappa shape index (κ1) is 24.2. The van der Waals surface area contributed by atoms with Gasteiger partial charge >= 0.3 is 0 Å². The van der Waals surface area contributed by atoms with Crippen LogP contribution in [0.1, 0.15) is 33.3 Å². The van der Waals surface area contributed by atoms with Crippen molar-refractivity contribution in [1.29, 1.82) is 0 Å². The van der Waals surface area contributed by atoms with E-state index in [0.717, 1.165) is 27.7 Å². The van der Waals surface area contributed by atoms with Gasteiger partial charge in [-0.15, -0.1) is 0 Å². The number of aliphatic hydroxyl groups is 1. The summed E-state index contributed by atoms with van der Waals surface area (Å²) in [5, 5.41) is 22.4. The molecule has 3 aromatic carbocycles. The Balaban J connectivity index is 1.56. The zero-order valence-corrected chi connectivity index (χ0v) is 20.3. The van der Waals surface area contributed by atoms with Crippen molar-refractivity contribution in [2.45, 2.75) is 18.9 Å². The SMILES string of the molecule is COc1cccc(C(c2ccc3c(cnn3-c3ccc(F)cc3)c2)C(CO)NC(=O)c2cc(C)on2)c1. The minimum absolute atomic E-state index is 0.136. The molecule has 2 N–H and O–H groups in total. The molecule has 37 heavy (non-hydrogen) atoms. The van der Waals surface area contributed by atoms with Crippen molar-refractivity contribution < 1.29 is 23.6 Å². The fraction of sp³-hybridized carbons (Fsp3) is 0.179. The first-order chi connectivity index (χ1) is 18.0. The van der Waals surface area contributed by atoms with Crippen molar-refractivity contribution in [2.75, 3.05) is 13.7 Å². The number of amides is 1. The normalized spacial score (nSPS) is 12.9. The number of aromatic nitrogens is 3. The van der Waals surface area contributed by atoms with E-state index in [9.17, 15) is 14.3 Å². The van der Waals surface area contributed by atoms with Crippen LogP contribution in [0.25, 0.3) is 16.6 Å². The summed E-state index contributed by atoms with van der Waals surface area (Å²) in [4.78, 5) is 12.9. The fourth-order valence-corrected chi connectivity index (χ4v) is 4.48. The minimum atomic E-state index is -0.679. The average molecular weight is 501 g/mol. The van der Waals surface area contributed by atoms with Crippen LogP contribution in [0, 0.1) is 12.7 Å². The van der Waals surface area contributed by atoms with Crippen molar-refractivity contribution in [3.05, 3.63) is 107 Å². The Kier molecular flexibility index (Phi) is 6.70. The summed E-state index contributed by atoms with van der Waals surface area (Å²) in [6, 6.07) is 20.3. The number of aliphatic hydroxyl groups excluding tert-OH is 1. The number of hydrogen-bond donors (Lipinski definition) is 2. The van der Waals surface area contributed by atoms with Crippen LogP contribution in [-0.4, -0.2) is 45.7 Å². The summed E-state index contributed by atoms with van der Waals surface area (Å²) in [5.41, 5.74) is 3.41. The predicted molar refractivity (Wildman–Crippen MR) is 135 cm³/mol. The van der Waals surface area contributed by atoms with Crippen molar-refractivity contribution in [3.8, 4) is 11.4 Å². The van der Waals surface area contributed by atoms with Gasteiger partial charge < -0.3 is 19.7 Å². The summed E-state index contributed by atoms with van der Waals surface area (Å²) in [6.07, 6.45) is 1.73. The van der Waals surface area contributed by atoms with Gasteiger partial charge in [0.2, 0.25) is 0 Å². The highest BCUT2D eigenvalue weighted by atomic mass is 19.1. The standard InChI is InChI=1S/C28H25FN4O4/c1-17-12-24(32-37-17)28(35)31-25(16-34)27(18-4-3-5-23(14-18)36-2)19-6-11-26-20(13-19)15-30-33(26)22-9-7-21(29)8-10-22/h3-15,25,27,34H,16H2,1-2H3,(H,31,35). The van der Waals surface area contributed by atoms with E-state index in [4.69, 9.17) is 9.26 Å². The lowest BCUT2D eigenvalue weighted by atomic mass is 9.84. The van der Waals surface area contributed by atoms with Crippen LogP contribution in [0.4, 0.5) is 4.39 Å². The van der Waals surface area contributed by atoms with Crippen LogP contribution >= 0.6 is 0 Å². The maximum Gasteiger partial charge on any atom is 0.273 e. The number of rotatable bonds is 8. The molecular weight excluding hydrogens is 475 g/mol. The number of carbonyl (C=O) groups is 1. The monoisotopic (exact) mass is 500 g/mol. The highest BCUT2D eigenvalue weighted by Gasteiger charge is 2.28. The molecule has 0 aliphatic heterocycles. The lowest BCUT2D eigenvalue weighted by molar-refractivity contribution is 0.0901. The van der Waals surface area contributed by atoms with Crippen molar-refractivity contribution in [2.24, 2.45) is 0 Å². The van der Waals surface area contributed by atoms with Gasteiger partial charge in [-0.2, -0.15) is 5.10 Å². The number of halogens is 1. The molecule has 0 aliphatic carbocycles. The number of fused-ring (bicyclic) bond motifs is 1. The molecule has 5 rings (SSSR count). The predicted octanol–water partition coefficient (Wildman–Crippen LogP) is 4.39. The van der Waals surface area contributed by atoms with E-state index in [-0.39, 0.29) is 18.1 Å². The molecule has 188 valence electrons. The molecule has 0 fully saturated rings. The number of nitrogens with one attached hydrogen (secondary N) is 1. The molecule has 0 radical (unpaired) electrons. The summed E-state index contributed by atoms with van der Waals surface area (Å²) >= 11 is 0. The Hall–Kier alpha value is -4.50. The van der Waals surface area contributed by atoms with Crippen LogP contribution in [0.5, 0.6) is 5.75 Å². The Bertz CT molecular complexity index is 1540. The molecule has 0 aliphatic rings. The third-order valence-electron chi connectivity index (χ3n) is 6.25. The zero-order chi connectivity index (χ0) is 25.9. The number of nitrogens with zero attached hydrogens (tertiary/aromatic N) is 3. The molecule has 8 nitrogen and oxygen atoms in total. The van der Waals surface area contributed by atoms with Gasteiger partial charge in [-0.25, -0.2) is 9.07 Å². The largest absolute Gasteiger partial charge is 0.497 e. The maximum atomic E-state index is 13.4. The van der Waals surface area contributed by atoms with Gasteiger partial charge in [0.05, 0.1) is 37.2 Å². The quantitative estimate of drug-likeness (QED) is 0.328. The number of ether oxygens (including phenoxy) is 1. The van der Waals surface area contributed by atoms with Crippen LogP contribution < -0.4 is 10.1 Å². The third kappa shape index (κ3) is 4.94. The second-order valence-corrected chi connectivity index (χ2v) is 8.69. The first-order valence-corrected chi connectivity index (χ1v) is 11.7. The van der Waals surface area contributed by atoms with Crippen molar-refractivity contribution in [3.63, 3.8) is 0 Å². The van der Waals surface area contributed by atoms with E-state index < -0.39 is 17.9 Å². The van der Waals surface area contributed by atoms with Crippen LogP contribution in [0.15, 0.2) is 83.5 Å². The number of aryl methyl sites for hydroxylation is 1. The summed E-state index contributed by atoms with van der Waals surface area (Å²) in [6.45, 7) is 1.38. The van der Waals surface area contributed by atoms with Gasteiger partial charge in [-0.3, -0.25) is 4.79 Å². The molecule has 2 heterocycles. The number of carbonyl (C=O) groups excluding carboxylic acids is 1. The Morgan fingerprint density at radius 1 is 1.11 bits per heavy atom. The molecule has 0 bridgehead atoms. The molecule has 9 heteroatoms. The molecule has 2 aromatic heterocycles. The van der Waals surface area contributed by atoms with E-state index >= 15 is 0 Å². The lowest BCUT2D eigenvalue weighted by Gasteiger charge is -2.28. The van der Waals surface area contributed by atoms with Gasteiger partial charge in [-0.05, 0) is 66.6 Å². The van der Waals surface area contributed by atoms with Crippen molar-refractivity contribution >= 4 is 16.8 Å². The van der Waals surface area contributed by atoms with Crippen molar-refractivity contribution in [1.82, 2.24) is 20.3 Å². The molecular formula is C28H25FN4O4. The highest BCUT2D eigenvalue weighted by Crippen LogP contribution is 2.33. The molecule has 0 spiro atoms. The minimum Gasteiger partial charge on any atom is -0.497 e. The van der Waals surface area contributed by atoms with Crippen LogP contribution in [-0.2, 0) is 0 Å². The third-order valence-corrected chi connectivity index (χ3v) is 6.25. The Labute approximate surface area is 212 Å². The molecule has 2 unspecified atom stereocenters. The molecule has 1 amide bonds. The molecule has 5 aromatic rings. The van der Waals surface area contributed by atoms with E-state index in [1.54, 1.807) is 43.1 Å². The van der Waals surface area contributed by atoms with Gasteiger partial charge in [-0.1, -0.05) is 23.4 Å². The Morgan fingerprint density at radius 3 is 2.59 bits per heavy atom. The fourth-order valence-electron chi connectivity index (χ4n) is 4.48. The summed E-state index contributed by atoms with van der Waals surface area (Å²) < 4.78 is 25.6. The summed E-state index contributed by atoms with van der Waals surface area (Å²) in [5.74, 6) is -0.0207. The average Bonchev–Trinajstić information content (AvgIpc) is 3.55. The van der Waals surface area contributed by atoms with Gasteiger partial charge in [0.25, 0.3) is 5.91 Å². The Morgan fingerprint density at radius 2 is 1.89 bits per heavy atom. The zero-order valence-electron chi connectivity index (χ0n) is 20.3. The smallest absolute Gasteiger partial charge is 0.273 e. The van der Waals surface area contributed by atoms with Gasteiger partial charge in [0, 0.05) is 17.4 Å². The molecule has 0 saturated carbocycles. The number of hydrogen-bond acceptors (Lipinski definition) is 6. The molecule has 2 atom stereocenters. The van der Waals surface area contributed by atoms with E-state index in [0.29, 0.717) is 11.5 Å². The highest BCUT2D eigenvalue weighted by molar-refractivity contribution is 5.92. The van der Waals surface area contributed by atoms with E-state index in [1.165, 1.54) is 12.1 Å². The lowest BCUT2D eigenvalue weighted by Crippen LogP contribution is -2.42. The van der Waals surface area contributed by atoms with Gasteiger partial charge in [0.1, 0.15) is 17.3 Å². The van der Waals surface area contributed by atoms with Gasteiger partial charge in [0.15, 0.2) is 5.69 Å². The molecule has 0 saturated heterocycles. The second kappa shape index (κ2) is 10.2. The first-order valence-electron chi connectivity index (χ1n) is 11.7. The topological polar surface area (TPSA) is 102 Å². The van der Waals surface area contributed by atoms with E-state index in [2.05, 4.69) is 15.6 Å². The van der Waals surface area contributed by atoms with E-state index in [1.807, 2.05) is 42.5 Å². The van der Waals surface area contributed by atoms with Crippen LogP contribution in [0.2, 0.25) is 0 Å². The maximum absolute atomic E-state index is 13.4. The van der Waals surface area contributed by atoms with Crippen LogP contribution in [0.3, 0.4) is 0 Å². The summed E-state index contributed by atoms with van der Waals surface area (Å²) in [7, 11) is 1.59. The second-order valence-electron chi connectivity index (χ2n) is 8.69.